The molecule has 1 aromatic rings. The summed E-state index contributed by atoms with van der Waals surface area (Å²) >= 11 is 1.86. The topological polar surface area (TPSA) is 29.3 Å². The second-order valence-corrected chi connectivity index (χ2v) is 7.00. The van der Waals surface area contributed by atoms with Gasteiger partial charge in [0.05, 0.1) is 0 Å². The van der Waals surface area contributed by atoms with Gasteiger partial charge in [0.1, 0.15) is 0 Å². The summed E-state index contributed by atoms with van der Waals surface area (Å²) in [6.07, 6.45) is 7.52. The van der Waals surface area contributed by atoms with Crippen molar-refractivity contribution >= 4 is 11.3 Å². The van der Waals surface area contributed by atoms with Crippen LogP contribution in [0.25, 0.3) is 0 Å². The molecule has 2 rings (SSSR count). The first-order valence-corrected chi connectivity index (χ1v) is 7.98. The highest BCUT2D eigenvalue weighted by atomic mass is 32.1. The van der Waals surface area contributed by atoms with E-state index in [0.717, 1.165) is 13.0 Å². The zero-order valence-corrected chi connectivity index (χ0v) is 12.5. The lowest BCUT2D eigenvalue weighted by Crippen LogP contribution is -2.52. The molecule has 0 amide bonds. The first-order chi connectivity index (χ1) is 8.59. The van der Waals surface area contributed by atoms with Crippen molar-refractivity contribution in [2.45, 2.75) is 57.0 Å². The van der Waals surface area contributed by atoms with Crippen molar-refractivity contribution in [3.8, 4) is 0 Å². The molecule has 18 heavy (non-hydrogen) atoms. The van der Waals surface area contributed by atoms with Gasteiger partial charge in [-0.3, -0.25) is 0 Å². The third-order valence-corrected chi connectivity index (χ3v) is 5.14. The summed E-state index contributed by atoms with van der Waals surface area (Å²) in [7, 11) is 2.22. The third-order valence-electron chi connectivity index (χ3n) is 4.24. The van der Waals surface area contributed by atoms with E-state index in [1.54, 1.807) is 0 Å². The number of likely N-dealkylation sites (N-methyl/N-ethyl adjacent to an activating group) is 1. The Labute approximate surface area is 115 Å². The van der Waals surface area contributed by atoms with Crippen LogP contribution in [0.2, 0.25) is 0 Å². The maximum absolute atomic E-state index is 6.53. The maximum Gasteiger partial charge on any atom is 0.0283 e. The second kappa shape index (κ2) is 6.18. The summed E-state index contributed by atoms with van der Waals surface area (Å²) in [4.78, 5) is 3.93. The zero-order valence-electron chi connectivity index (χ0n) is 11.7. The lowest BCUT2D eigenvalue weighted by atomic mass is 9.82. The van der Waals surface area contributed by atoms with Gasteiger partial charge in [0.15, 0.2) is 0 Å². The molecule has 1 fully saturated rings. The highest BCUT2D eigenvalue weighted by molar-refractivity contribution is 7.09. The SMILES string of the molecule is CC(Cc1cccs1)N(C)CC1(N)CCCCC1. The highest BCUT2D eigenvalue weighted by Gasteiger charge is 2.29. The molecule has 1 aliphatic carbocycles. The minimum absolute atomic E-state index is 0.0662. The van der Waals surface area contributed by atoms with Crippen molar-refractivity contribution in [1.29, 1.82) is 0 Å². The molecule has 1 saturated carbocycles. The van der Waals surface area contributed by atoms with Crippen LogP contribution in [0.3, 0.4) is 0 Å². The average Bonchev–Trinajstić information content (AvgIpc) is 2.82. The number of nitrogens with zero attached hydrogens (tertiary/aromatic N) is 1. The van der Waals surface area contributed by atoms with Crippen molar-refractivity contribution < 1.29 is 0 Å². The van der Waals surface area contributed by atoms with Crippen molar-refractivity contribution in [2.24, 2.45) is 5.73 Å². The van der Waals surface area contributed by atoms with Crippen LogP contribution in [-0.2, 0) is 6.42 Å². The number of nitrogens with two attached hydrogens (primary N) is 1. The minimum Gasteiger partial charge on any atom is -0.324 e. The molecule has 0 bridgehead atoms. The second-order valence-electron chi connectivity index (χ2n) is 5.97. The molecule has 0 aliphatic heterocycles. The fraction of sp³-hybridized carbons (Fsp3) is 0.733. The molecule has 1 aromatic heterocycles. The Morgan fingerprint density at radius 3 is 2.72 bits per heavy atom. The normalized spacial score (nSPS) is 21.1. The fourth-order valence-corrected chi connectivity index (χ4v) is 3.77. The molecule has 1 heterocycles. The van der Waals surface area contributed by atoms with E-state index in [4.69, 9.17) is 5.73 Å². The smallest absolute Gasteiger partial charge is 0.0283 e. The van der Waals surface area contributed by atoms with Crippen molar-refractivity contribution in [3.05, 3.63) is 22.4 Å². The summed E-state index contributed by atoms with van der Waals surface area (Å²) in [6.45, 7) is 3.35. The Morgan fingerprint density at radius 2 is 2.11 bits per heavy atom. The van der Waals surface area contributed by atoms with E-state index in [1.807, 2.05) is 11.3 Å². The van der Waals surface area contributed by atoms with E-state index in [-0.39, 0.29) is 5.54 Å². The molecule has 1 unspecified atom stereocenters. The van der Waals surface area contributed by atoms with Crippen molar-refractivity contribution in [2.75, 3.05) is 13.6 Å². The highest BCUT2D eigenvalue weighted by Crippen LogP contribution is 2.27. The summed E-state index contributed by atoms with van der Waals surface area (Å²) in [5.41, 5.74) is 6.60. The van der Waals surface area contributed by atoms with Crippen molar-refractivity contribution in [1.82, 2.24) is 4.90 Å². The number of rotatable bonds is 5. The molecule has 0 saturated heterocycles. The van der Waals surface area contributed by atoms with Crippen molar-refractivity contribution in [3.63, 3.8) is 0 Å². The van der Waals surface area contributed by atoms with E-state index in [9.17, 15) is 0 Å². The Kier molecular flexibility index (Phi) is 4.82. The van der Waals surface area contributed by atoms with E-state index < -0.39 is 0 Å². The Hall–Kier alpha value is -0.380. The Bertz CT molecular complexity index is 341. The van der Waals surface area contributed by atoms with Gasteiger partial charge >= 0.3 is 0 Å². The van der Waals surface area contributed by atoms with Gasteiger partial charge in [0.25, 0.3) is 0 Å². The van der Waals surface area contributed by atoms with E-state index in [1.165, 1.54) is 37.0 Å². The van der Waals surface area contributed by atoms with Crippen LogP contribution < -0.4 is 5.73 Å². The molecule has 1 aliphatic rings. The minimum atomic E-state index is 0.0662. The first kappa shape index (κ1) is 14.0. The maximum atomic E-state index is 6.53. The van der Waals surface area contributed by atoms with Gasteiger partial charge in [-0.25, -0.2) is 0 Å². The third kappa shape index (κ3) is 3.81. The van der Waals surface area contributed by atoms with Gasteiger partial charge < -0.3 is 10.6 Å². The van der Waals surface area contributed by atoms with Gasteiger partial charge in [0, 0.05) is 23.0 Å². The predicted molar refractivity (Wildman–Crippen MR) is 80.1 cm³/mol. The molecule has 1 atom stereocenters. The summed E-state index contributed by atoms with van der Waals surface area (Å²) < 4.78 is 0. The van der Waals surface area contributed by atoms with Gasteiger partial charge in [-0.15, -0.1) is 11.3 Å². The largest absolute Gasteiger partial charge is 0.324 e. The summed E-state index contributed by atoms with van der Waals surface area (Å²) in [5, 5.41) is 2.16. The van der Waals surface area contributed by atoms with Gasteiger partial charge in [-0.2, -0.15) is 0 Å². The molecule has 0 aromatic carbocycles. The molecule has 2 N–H and O–H groups in total. The van der Waals surface area contributed by atoms with E-state index >= 15 is 0 Å². The molecular weight excluding hydrogens is 240 g/mol. The van der Waals surface area contributed by atoms with Gasteiger partial charge in [-0.1, -0.05) is 25.3 Å². The Balaban J connectivity index is 1.84. The quantitative estimate of drug-likeness (QED) is 0.886. The van der Waals surface area contributed by atoms with Crippen LogP contribution in [0, 0.1) is 0 Å². The molecule has 0 spiro atoms. The molecule has 102 valence electrons. The van der Waals surface area contributed by atoms with Crippen LogP contribution in [0.4, 0.5) is 0 Å². The standard InChI is InChI=1S/C15H26N2S/c1-13(11-14-7-6-10-18-14)17(2)12-15(16)8-4-3-5-9-15/h6-7,10,13H,3-5,8-9,11-12,16H2,1-2H3. The van der Waals surface area contributed by atoms with Crippen LogP contribution in [-0.4, -0.2) is 30.1 Å². The van der Waals surface area contributed by atoms with Crippen LogP contribution >= 0.6 is 11.3 Å². The number of thiophene rings is 1. The summed E-state index contributed by atoms with van der Waals surface area (Å²) in [5.74, 6) is 0. The lowest BCUT2D eigenvalue weighted by Gasteiger charge is -2.38. The van der Waals surface area contributed by atoms with E-state index in [2.05, 4.69) is 36.4 Å². The first-order valence-electron chi connectivity index (χ1n) is 7.11. The number of hydrogen-bond donors (Lipinski definition) is 1. The van der Waals surface area contributed by atoms with Crippen LogP contribution in [0.5, 0.6) is 0 Å². The molecule has 2 nitrogen and oxygen atoms in total. The van der Waals surface area contributed by atoms with E-state index in [0.29, 0.717) is 6.04 Å². The number of hydrogen-bond acceptors (Lipinski definition) is 3. The fourth-order valence-electron chi connectivity index (χ4n) is 2.94. The lowest BCUT2D eigenvalue weighted by molar-refractivity contribution is 0.164. The van der Waals surface area contributed by atoms with Gasteiger partial charge in [-0.05, 0) is 44.7 Å². The zero-order chi connectivity index (χ0) is 13.0. The molecular formula is C15H26N2S. The Morgan fingerprint density at radius 1 is 1.39 bits per heavy atom. The molecule has 0 radical (unpaired) electrons. The van der Waals surface area contributed by atoms with Gasteiger partial charge in [0.2, 0.25) is 0 Å². The van der Waals surface area contributed by atoms with Crippen LogP contribution in [0.15, 0.2) is 17.5 Å². The van der Waals surface area contributed by atoms with Crippen LogP contribution in [0.1, 0.15) is 43.9 Å². The molecule has 3 heteroatoms. The predicted octanol–water partition coefficient (Wildman–Crippen LogP) is 3.27. The monoisotopic (exact) mass is 266 g/mol. The summed E-state index contributed by atoms with van der Waals surface area (Å²) in [6, 6.07) is 4.94. The average molecular weight is 266 g/mol.